The van der Waals surface area contributed by atoms with Gasteiger partial charge in [0.2, 0.25) is 0 Å². The zero-order valence-corrected chi connectivity index (χ0v) is 16.3. The second-order valence-corrected chi connectivity index (χ2v) is 7.59. The third kappa shape index (κ3) is 3.83. The fourth-order valence-corrected chi connectivity index (χ4v) is 3.68. The number of carbonyl (C=O) groups excluding carboxylic acids is 1. The Labute approximate surface area is 164 Å². The van der Waals surface area contributed by atoms with Crippen molar-refractivity contribution in [2.24, 2.45) is 0 Å². The second kappa shape index (κ2) is 7.96. The minimum atomic E-state index is -0.0665. The van der Waals surface area contributed by atoms with Crippen LogP contribution in [-0.4, -0.2) is 43.6 Å². The van der Waals surface area contributed by atoms with Gasteiger partial charge in [-0.25, -0.2) is 4.98 Å². The van der Waals surface area contributed by atoms with Crippen molar-refractivity contribution < 1.29 is 9.32 Å². The van der Waals surface area contributed by atoms with Gasteiger partial charge in [-0.1, -0.05) is 25.1 Å². The quantitative estimate of drug-likeness (QED) is 0.678. The van der Waals surface area contributed by atoms with Crippen LogP contribution in [0.1, 0.15) is 66.3 Å². The van der Waals surface area contributed by atoms with Gasteiger partial charge in [-0.2, -0.15) is 0 Å². The molecule has 4 rings (SSSR count). The van der Waals surface area contributed by atoms with Crippen molar-refractivity contribution in [3.63, 3.8) is 0 Å². The summed E-state index contributed by atoms with van der Waals surface area (Å²) in [6.45, 7) is 6.10. The Morgan fingerprint density at radius 2 is 2.18 bits per heavy atom. The van der Waals surface area contributed by atoms with E-state index in [0.29, 0.717) is 18.8 Å². The van der Waals surface area contributed by atoms with Gasteiger partial charge in [-0.05, 0) is 25.0 Å². The van der Waals surface area contributed by atoms with Crippen molar-refractivity contribution in [2.75, 3.05) is 13.1 Å². The number of rotatable bonds is 5. The SMILES string of the molecule is CC(C)c1cc(C(=O)N2CCCC(c3nccn3Cc3ccccn3)C2)no1. The number of nitrogens with zero attached hydrogens (tertiary/aromatic N) is 5. The molecule has 0 radical (unpaired) electrons. The van der Waals surface area contributed by atoms with E-state index in [9.17, 15) is 4.79 Å². The molecular weight excluding hydrogens is 354 g/mol. The van der Waals surface area contributed by atoms with Crippen molar-refractivity contribution in [1.29, 1.82) is 0 Å². The summed E-state index contributed by atoms with van der Waals surface area (Å²) in [5, 5.41) is 3.98. The predicted octanol–water partition coefficient (Wildman–Crippen LogP) is 3.46. The van der Waals surface area contributed by atoms with Gasteiger partial charge < -0.3 is 14.0 Å². The molecule has 28 heavy (non-hydrogen) atoms. The van der Waals surface area contributed by atoms with E-state index in [1.165, 1.54) is 0 Å². The minimum Gasteiger partial charge on any atom is -0.360 e. The Bertz CT molecular complexity index is 931. The highest BCUT2D eigenvalue weighted by atomic mass is 16.5. The molecule has 0 saturated carbocycles. The predicted molar refractivity (Wildman–Crippen MR) is 104 cm³/mol. The standard InChI is InChI=1S/C21H25N5O2/c1-15(2)19-12-18(24-28-19)21(27)26-10-5-6-16(13-26)20-23-9-11-25(20)14-17-7-3-4-8-22-17/h3-4,7-9,11-12,15-16H,5-6,10,13-14H2,1-2H3. The van der Waals surface area contributed by atoms with Crippen LogP contribution in [-0.2, 0) is 6.54 Å². The van der Waals surface area contributed by atoms with Crippen LogP contribution < -0.4 is 0 Å². The van der Waals surface area contributed by atoms with Crippen LogP contribution in [0.5, 0.6) is 0 Å². The Kier molecular flexibility index (Phi) is 5.23. The lowest BCUT2D eigenvalue weighted by Gasteiger charge is -2.32. The molecule has 1 atom stereocenters. The number of hydrogen-bond acceptors (Lipinski definition) is 5. The van der Waals surface area contributed by atoms with Crippen LogP contribution in [0.25, 0.3) is 0 Å². The van der Waals surface area contributed by atoms with Crippen molar-refractivity contribution in [1.82, 2.24) is 24.6 Å². The Morgan fingerprint density at radius 3 is 2.93 bits per heavy atom. The summed E-state index contributed by atoms with van der Waals surface area (Å²) in [7, 11) is 0. The molecule has 3 aromatic rings. The Balaban J connectivity index is 1.48. The topological polar surface area (TPSA) is 77.1 Å². The highest BCUT2D eigenvalue weighted by Crippen LogP contribution is 2.27. The second-order valence-electron chi connectivity index (χ2n) is 7.59. The van der Waals surface area contributed by atoms with E-state index in [0.717, 1.165) is 36.7 Å². The lowest BCUT2D eigenvalue weighted by Crippen LogP contribution is -2.40. The minimum absolute atomic E-state index is 0.0665. The van der Waals surface area contributed by atoms with E-state index in [2.05, 4.69) is 19.7 Å². The number of hydrogen-bond donors (Lipinski definition) is 0. The maximum atomic E-state index is 12.9. The first-order valence-electron chi connectivity index (χ1n) is 9.78. The maximum absolute atomic E-state index is 12.9. The monoisotopic (exact) mass is 379 g/mol. The highest BCUT2D eigenvalue weighted by molar-refractivity contribution is 5.92. The Morgan fingerprint density at radius 1 is 1.29 bits per heavy atom. The Hall–Kier alpha value is -2.96. The molecular formula is C21H25N5O2. The van der Waals surface area contributed by atoms with Gasteiger partial charge in [0.25, 0.3) is 5.91 Å². The molecule has 7 nitrogen and oxygen atoms in total. The van der Waals surface area contributed by atoms with Crippen LogP contribution in [0.15, 0.2) is 47.4 Å². The lowest BCUT2D eigenvalue weighted by molar-refractivity contribution is 0.0692. The van der Waals surface area contributed by atoms with E-state index in [-0.39, 0.29) is 17.7 Å². The largest absolute Gasteiger partial charge is 0.360 e. The number of imidazole rings is 1. The van der Waals surface area contributed by atoms with Gasteiger partial charge >= 0.3 is 0 Å². The average molecular weight is 379 g/mol. The molecule has 4 heterocycles. The van der Waals surface area contributed by atoms with Crippen molar-refractivity contribution >= 4 is 5.91 Å². The summed E-state index contributed by atoms with van der Waals surface area (Å²) in [6.07, 6.45) is 7.57. The lowest BCUT2D eigenvalue weighted by atomic mass is 9.96. The van der Waals surface area contributed by atoms with Crippen LogP contribution >= 0.6 is 0 Å². The van der Waals surface area contributed by atoms with Gasteiger partial charge in [-0.3, -0.25) is 9.78 Å². The van der Waals surface area contributed by atoms with E-state index < -0.39 is 0 Å². The number of likely N-dealkylation sites (tertiary alicyclic amines) is 1. The van der Waals surface area contributed by atoms with Gasteiger partial charge in [0.1, 0.15) is 11.6 Å². The molecule has 0 bridgehead atoms. The third-order valence-corrected chi connectivity index (χ3v) is 5.20. The molecule has 1 fully saturated rings. The number of aromatic nitrogens is 4. The summed E-state index contributed by atoms with van der Waals surface area (Å²) in [5.74, 6) is 2.09. The van der Waals surface area contributed by atoms with Crippen LogP contribution in [0.3, 0.4) is 0 Å². The zero-order chi connectivity index (χ0) is 19.5. The molecule has 0 aromatic carbocycles. The summed E-state index contributed by atoms with van der Waals surface area (Å²) in [5.41, 5.74) is 1.38. The summed E-state index contributed by atoms with van der Waals surface area (Å²) >= 11 is 0. The van der Waals surface area contributed by atoms with E-state index in [1.807, 2.05) is 49.3 Å². The zero-order valence-electron chi connectivity index (χ0n) is 16.3. The molecule has 1 aliphatic rings. The summed E-state index contributed by atoms with van der Waals surface area (Å²) in [6, 6.07) is 7.68. The highest BCUT2D eigenvalue weighted by Gasteiger charge is 2.29. The fourth-order valence-electron chi connectivity index (χ4n) is 3.68. The molecule has 7 heteroatoms. The van der Waals surface area contributed by atoms with Crippen molar-refractivity contribution in [3.05, 3.63) is 65.8 Å². The molecule has 0 aliphatic carbocycles. The third-order valence-electron chi connectivity index (χ3n) is 5.20. The fraction of sp³-hybridized carbons (Fsp3) is 0.429. The average Bonchev–Trinajstić information content (AvgIpc) is 3.38. The first-order chi connectivity index (χ1) is 13.6. The van der Waals surface area contributed by atoms with Gasteiger partial charge in [0.05, 0.1) is 12.2 Å². The molecule has 1 aliphatic heterocycles. The van der Waals surface area contributed by atoms with Crippen LogP contribution in [0.4, 0.5) is 0 Å². The van der Waals surface area contributed by atoms with E-state index >= 15 is 0 Å². The van der Waals surface area contributed by atoms with Crippen LogP contribution in [0.2, 0.25) is 0 Å². The van der Waals surface area contributed by atoms with E-state index in [4.69, 9.17) is 4.52 Å². The molecule has 1 saturated heterocycles. The van der Waals surface area contributed by atoms with Gasteiger partial charge in [0.15, 0.2) is 5.69 Å². The number of pyridine rings is 1. The van der Waals surface area contributed by atoms with Gasteiger partial charge in [-0.15, -0.1) is 0 Å². The molecule has 146 valence electrons. The summed E-state index contributed by atoms with van der Waals surface area (Å²) < 4.78 is 7.43. The van der Waals surface area contributed by atoms with Gasteiger partial charge in [0, 0.05) is 49.6 Å². The number of carbonyl (C=O) groups is 1. The summed E-state index contributed by atoms with van der Waals surface area (Å²) in [4.78, 5) is 23.8. The maximum Gasteiger partial charge on any atom is 0.276 e. The molecule has 1 amide bonds. The van der Waals surface area contributed by atoms with Crippen molar-refractivity contribution in [2.45, 2.75) is 45.1 Å². The normalized spacial score (nSPS) is 17.2. The van der Waals surface area contributed by atoms with Crippen molar-refractivity contribution in [3.8, 4) is 0 Å². The van der Waals surface area contributed by atoms with Crippen LogP contribution in [0, 0.1) is 0 Å². The first kappa shape index (κ1) is 18.4. The smallest absolute Gasteiger partial charge is 0.276 e. The number of amides is 1. The molecule has 1 unspecified atom stereocenters. The molecule has 0 N–H and O–H groups in total. The molecule has 0 spiro atoms. The number of piperidine rings is 1. The first-order valence-corrected chi connectivity index (χ1v) is 9.78. The van der Waals surface area contributed by atoms with E-state index in [1.54, 1.807) is 12.3 Å². The molecule has 3 aromatic heterocycles.